The lowest BCUT2D eigenvalue weighted by atomic mass is 9.92. The van der Waals surface area contributed by atoms with Gasteiger partial charge in [0.1, 0.15) is 0 Å². The summed E-state index contributed by atoms with van der Waals surface area (Å²) in [6.45, 7) is 1.12. The minimum absolute atomic E-state index is 0. The molecule has 0 atom stereocenters. The molecule has 1 aromatic carbocycles. The predicted molar refractivity (Wildman–Crippen MR) is 106 cm³/mol. The van der Waals surface area contributed by atoms with Crippen LogP contribution in [0.4, 0.5) is 5.69 Å². The Morgan fingerprint density at radius 1 is 1.15 bits per heavy atom. The highest BCUT2D eigenvalue weighted by atomic mass is 35.5. The molecule has 152 valence electrons. The number of sulfonamides is 1. The van der Waals surface area contributed by atoms with Crippen molar-refractivity contribution in [3.8, 4) is 0 Å². The topological polar surface area (TPSA) is 122 Å². The first-order valence-corrected chi connectivity index (χ1v) is 10.0. The van der Waals surface area contributed by atoms with Crippen LogP contribution in [-0.2, 0) is 19.6 Å². The number of hydrogen-bond donors (Lipinski definition) is 3. The number of benzene rings is 1. The molecule has 1 saturated carbocycles. The maximum Gasteiger partial charge on any atom is 0.243 e. The van der Waals surface area contributed by atoms with E-state index in [0.29, 0.717) is 5.69 Å². The van der Waals surface area contributed by atoms with E-state index in [2.05, 4.69) is 10.6 Å². The molecule has 1 fully saturated rings. The number of rotatable bonds is 6. The molecule has 2 rings (SSSR count). The average Bonchev–Trinajstić information content (AvgIpc) is 2.56. The van der Waals surface area contributed by atoms with E-state index in [-0.39, 0.29) is 47.7 Å². The fourth-order valence-corrected chi connectivity index (χ4v) is 4.04. The second-order valence-electron chi connectivity index (χ2n) is 6.65. The normalized spacial score (nSPS) is 19.9. The molecule has 0 aromatic heterocycles. The quantitative estimate of drug-likeness (QED) is 0.638. The van der Waals surface area contributed by atoms with Crippen molar-refractivity contribution in [2.45, 2.75) is 49.6 Å². The number of amides is 2. The van der Waals surface area contributed by atoms with Crippen molar-refractivity contribution in [2.75, 3.05) is 18.9 Å². The highest BCUT2D eigenvalue weighted by Gasteiger charge is 2.25. The van der Waals surface area contributed by atoms with Crippen LogP contribution in [0.3, 0.4) is 0 Å². The van der Waals surface area contributed by atoms with Crippen LogP contribution >= 0.6 is 12.4 Å². The summed E-state index contributed by atoms with van der Waals surface area (Å²) < 4.78 is 26.2. The molecule has 0 spiro atoms. The Morgan fingerprint density at radius 3 is 2.22 bits per heavy atom. The lowest BCUT2D eigenvalue weighted by Gasteiger charge is -2.27. The molecule has 1 aliphatic rings. The van der Waals surface area contributed by atoms with Gasteiger partial charge in [0, 0.05) is 31.7 Å². The Balaban J connectivity index is 0.00000364. The van der Waals surface area contributed by atoms with Crippen molar-refractivity contribution in [3.63, 3.8) is 0 Å². The van der Waals surface area contributed by atoms with Gasteiger partial charge in [-0.15, -0.1) is 12.4 Å². The summed E-state index contributed by atoms with van der Waals surface area (Å²) >= 11 is 0. The van der Waals surface area contributed by atoms with Gasteiger partial charge in [0.25, 0.3) is 0 Å². The minimum Gasteiger partial charge on any atom is -0.352 e. The van der Waals surface area contributed by atoms with E-state index in [1.807, 2.05) is 0 Å². The number of nitrogens with zero attached hydrogens (tertiary/aromatic N) is 1. The van der Waals surface area contributed by atoms with Crippen molar-refractivity contribution in [1.29, 1.82) is 0 Å². The highest BCUT2D eigenvalue weighted by Crippen LogP contribution is 2.19. The molecule has 0 bridgehead atoms. The van der Waals surface area contributed by atoms with Gasteiger partial charge in [-0.2, -0.15) is 4.31 Å². The monoisotopic (exact) mass is 418 g/mol. The lowest BCUT2D eigenvalue weighted by Crippen LogP contribution is -2.45. The maximum atomic E-state index is 12.6. The van der Waals surface area contributed by atoms with Crippen molar-refractivity contribution in [1.82, 2.24) is 9.62 Å². The van der Waals surface area contributed by atoms with Gasteiger partial charge in [0.15, 0.2) is 0 Å². The Kier molecular flexibility index (Phi) is 8.67. The average molecular weight is 419 g/mol. The van der Waals surface area contributed by atoms with Crippen LogP contribution in [0.25, 0.3) is 0 Å². The molecule has 1 aromatic rings. The second-order valence-corrected chi connectivity index (χ2v) is 8.69. The van der Waals surface area contributed by atoms with Crippen LogP contribution in [0.1, 0.15) is 32.6 Å². The van der Waals surface area contributed by atoms with Crippen LogP contribution in [0, 0.1) is 0 Å². The molecule has 0 radical (unpaired) electrons. The summed E-state index contributed by atoms with van der Waals surface area (Å²) in [6, 6.07) is 6.05. The van der Waals surface area contributed by atoms with Gasteiger partial charge >= 0.3 is 0 Å². The minimum atomic E-state index is -3.79. The highest BCUT2D eigenvalue weighted by molar-refractivity contribution is 7.89. The first-order chi connectivity index (χ1) is 12.2. The first kappa shape index (κ1) is 23.4. The van der Waals surface area contributed by atoms with Crippen molar-refractivity contribution >= 4 is 39.9 Å². The molecule has 0 saturated heterocycles. The molecular formula is C17H27ClN4O4S. The number of nitrogens with two attached hydrogens (primary N) is 1. The van der Waals surface area contributed by atoms with E-state index < -0.39 is 10.0 Å². The third kappa shape index (κ3) is 6.76. The third-order valence-electron chi connectivity index (χ3n) is 4.39. The summed E-state index contributed by atoms with van der Waals surface area (Å²) in [5.41, 5.74) is 6.35. The zero-order valence-corrected chi connectivity index (χ0v) is 17.1. The number of nitrogens with one attached hydrogen (secondary N) is 2. The standard InChI is InChI=1S/C17H26N4O4S.ClH/c1-12(22)19-14-7-9-16(10-8-14)26(24,25)21(2)11-17(23)20-15-5-3-13(18)4-6-15;/h7-10,13,15H,3-6,11,18H2,1-2H3,(H,19,22)(H,20,23);1H. The molecule has 0 aliphatic heterocycles. The molecular weight excluding hydrogens is 392 g/mol. The molecule has 2 amide bonds. The number of carbonyl (C=O) groups excluding carboxylic acids is 2. The third-order valence-corrected chi connectivity index (χ3v) is 6.20. The van der Waals surface area contributed by atoms with E-state index in [1.165, 1.54) is 38.2 Å². The molecule has 0 unspecified atom stereocenters. The molecule has 27 heavy (non-hydrogen) atoms. The van der Waals surface area contributed by atoms with E-state index in [0.717, 1.165) is 30.0 Å². The number of carbonyl (C=O) groups is 2. The number of halogens is 1. The van der Waals surface area contributed by atoms with Gasteiger partial charge in [-0.3, -0.25) is 9.59 Å². The number of anilines is 1. The fraction of sp³-hybridized carbons (Fsp3) is 0.529. The number of hydrogen-bond acceptors (Lipinski definition) is 5. The summed E-state index contributed by atoms with van der Waals surface area (Å²) in [4.78, 5) is 23.2. The maximum absolute atomic E-state index is 12.6. The molecule has 1 aliphatic carbocycles. The van der Waals surface area contributed by atoms with Gasteiger partial charge in [-0.1, -0.05) is 0 Å². The SMILES string of the molecule is CC(=O)Nc1ccc(S(=O)(=O)N(C)CC(=O)NC2CCC(N)CC2)cc1.Cl. The smallest absolute Gasteiger partial charge is 0.243 e. The summed E-state index contributed by atoms with van der Waals surface area (Å²) in [6.07, 6.45) is 3.35. The van der Waals surface area contributed by atoms with Crippen molar-refractivity contribution in [3.05, 3.63) is 24.3 Å². The Bertz CT molecular complexity index is 747. The summed E-state index contributed by atoms with van der Waals surface area (Å²) in [5.74, 6) is -0.565. The van der Waals surface area contributed by atoms with Crippen LogP contribution < -0.4 is 16.4 Å². The zero-order chi connectivity index (χ0) is 19.3. The Hall–Kier alpha value is -1.68. The summed E-state index contributed by atoms with van der Waals surface area (Å²) in [7, 11) is -2.42. The predicted octanol–water partition coefficient (Wildman–Crippen LogP) is 1.07. The van der Waals surface area contributed by atoms with Crippen molar-refractivity contribution in [2.24, 2.45) is 5.73 Å². The van der Waals surface area contributed by atoms with Crippen LogP contribution in [0.15, 0.2) is 29.2 Å². The van der Waals surface area contributed by atoms with Gasteiger partial charge in [0.2, 0.25) is 21.8 Å². The molecule has 8 nitrogen and oxygen atoms in total. The first-order valence-electron chi connectivity index (χ1n) is 8.57. The van der Waals surface area contributed by atoms with E-state index in [1.54, 1.807) is 0 Å². The molecule has 10 heteroatoms. The van der Waals surface area contributed by atoms with E-state index >= 15 is 0 Å². The largest absolute Gasteiger partial charge is 0.352 e. The fourth-order valence-electron chi connectivity index (χ4n) is 2.92. The zero-order valence-electron chi connectivity index (χ0n) is 15.5. The van der Waals surface area contributed by atoms with E-state index in [4.69, 9.17) is 5.73 Å². The van der Waals surface area contributed by atoms with Gasteiger partial charge < -0.3 is 16.4 Å². The van der Waals surface area contributed by atoms with Gasteiger partial charge in [-0.05, 0) is 49.9 Å². The van der Waals surface area contributed by atoms with Crippen LogP contribution in [-0.4, -0.2) is 50.2 Å². The Morgan fingerprint density at radius 2 is 1.70 bits per heavy atom. The van der Waals surface area contributed by atoms with Crippen molar-refractivity contribution < 1.29 is 18.0 Å². The van der Waals surface area contributed by atoms with Gasteiger partial charge in [0.05, 0.1) is 11.4 Å². The van der Waals surface area contributed by atoms with Gasteiger partial charge in [-0.25, -0.2) is 8.42 Å². The second kappa shape index (κ2) is 10.0. The lowest BCUT2D eigenvalue weighted by molar-refractivity contribution is -0.122. The summed E-state index contributed by atoms with van der Waals surface area (Å²) in [5, 5.41) is 5.45. The molecule has 4 N–H and O–H groups in total. The number of likely N-dealkylation sites (N-methyl/N-ethyl adjacent to an activating group) is 1. The Labute approximate surface area is 166 Å². The van der Waals surface area contributed by atoms with E-state index in [9.17, 15) is 18.0 Å². The van der Waals surface area contributed by atoms with Crippen LogP contribution in [0.5, 0.6) is 0 Å². The molecule has 0 heterocycles. The van der Waals surface area contributed by atoms with Crippen LogP contribution in [0.2, 0.25) is 0 Å².